The fourth-order valence-corrected chi connectivity index (χ4v) is 2.78. The van der Waals surface area contributed by atoms with Crippen LogP contribution in [-0.4, -0.2) is 22.7 Å². The Morgan fingerprint density at radius 2 is 2.00 bits per heavy atom. The van der Waals surface area contributed by atoms with E-state index in [9.17, 15) is 9.59 Å². The van der Waals surface area contributed by atoms with E-state index in [4.69, 9.17) is 11.6 Å². The van der Waals surface area contributed by atoms with Gasteiger partial charge in [-0.1, -0.05) is 35.5 Å². The van der Waals surface area contributed by atoms with E-state index in [1.807, 2.05) is 26.0 Å². The number of carbonyl (C=O) groups is 2. The smallest absolute Gasteiger partial charge is 0.307 e. The molecule has 0 spiro atoms. The summed E-state index contributed by atoms with van der Waals surface area (Å²) in [7, 11) is 0. The Labute approximate surface area is 143 Å². The van der Waals surface area contributed by atoms with Crippen molar-refractivity contribution in [2.45, 2.75) is 18.9 Å². The van der Waals surface area contributed by atoms with Crippen molar-refractivity contribution >= 4 is 41.0 Å². The van der Waals surface area contributed by atoms with Gasteiger partial charge >= 0.3 is 6.03 Å². The van der Waals surface area contributed by atoms with E-state index in [1.54, 1.807) is 24.4 Å². The van der Waals surface area contributed by atoms with E-state index in [0.29, 0.717) is 15.7 Å². The van der Waals surface area contributed by atoms with Gasteiger partial charge in [0.15, 0.2) is 0 Å². The Bertz CT molecular complexity index is 737. The maximum atomic E-state index is 11.9. The molecule has 3 amide bonds. The van der Waals surface area contributed by atoms with E-state index in [0.717, 1.165) is 11.1 Å². The highest BCUT2D eigenvalue weighted by molar-refractivity contribution is 8.00. The van der Waals surface area contributed by atoms with E-state index in [1.165, 1.54) is 11.8 Å². The summed E-state index contributed by atoms with van der Waals surface area (Å²) in [6, 6.07) is 8.44. The third-order valence-corrected chi connectivity index (χ3v) is 4.59. The van der Waals surface area contributed by atoms with Crippen molar-refractivity contribution < 1.29 is 9.59 Å². The molecule has 0 aliphatic carbocycles. The summed E-state index contributed by atoms with van der Waals surface area (Å²) in [5.74, 6) is -0.365. The van der Waals surface area contributed by atoms with Crippen molar-refractivity contribution in [2.24, 2.45) is 0 Å². The number of benzene rings is 1. The normalized spacial score (nSPS) is 10.2. The number of carbonyl (C=O) groups excluding carboxylic acids is 2. The van der Waals surface area contributed by atoms with Gasteiger partial charge < -0.3 is 5.32 Å². The molecule has 1 heterocycles. The molecular weight excluding hydrogens is 334 g/mol. The first-order valence-electron chi connectivity index (χ1n) is 6.87. The molecule has 0 bridgehead atoms. The van der Waals surface area contributed by atoms with E-state index in [-0.39, 0.29) is 5.75 Å². The van der Waals surface area contributed by atoms with E-state index in [2.05, 4.69) is 15.6 Å². The summed E-state index contributed by atoms with van der Waals surface area (Å²) in [5, 5.41) is 5.99. The summed E-state index contributed by atoms with van der Waals surface area (Å²) >= 11 is 7.13. The first kappa shape index (κ1) is 17.3. The van der Waals surface area contributed by atoms with Crippen molar-refractivity contribution in [3.05, 3.63) is 52.7 Å². The summed E-state index contributed by atoms with van der Waals surface area (Å²) in [4.78, 5) is 27.8. The Morgan fingerprint density at radius 1 is 1.22 bits per heavy atom. The molecule has 0 saturated carbocycles. The van der Waals surface area contributed by atoms with Crippen LogP contribution in [0.4, 0.5) is 10.5 Å². The Balaban J connectivity index is 1.86. The maximum absolute atomic E-state index is 11.9. The predicted molar refractivity (Wildman–Crippen MR) is 93.0 cm³/mol. The van der Waals surface area contributed by atoms with Crippen LogP contribution in [0.3, 0.4) is 0 Å². The topological polar surface area (TPSA) is 71.1 Å². The van der Waals surface area contributed by atoms with Gasteiger partial charge in [-0.15, -0.1) is 0 Å². The summed E-state index contributed by atoms with van der Waals surface area (Å²) < 4.78 is 0. The highest BCUT2D eigenvalue weighted by Gasteiger charge is 2.11. The van der Waals surface area contributed by atoms with Crippen LogP contribution in [0.1, 0.15) is 11.1 Å². The van der Waals surface area contributed by atoms with Crippen LogP contribution in [-0.2, 0) is 4.79 Å². The lowest BCUT2D eigenvalue weighted by atomic mass is 10.1. The molecule has 7 heteroatoms. The van der Waals surface area contributed by atoms with Gasteiger partial charge in [-0.3, -0.25) is 10.1 Å². The molecule has 0 aliphatic rings. The number of anilines is 1. The number of hydrogen-bond acceptors (Lipinski definition) is 4. The standard InChI is InChI=1S/C16H16ClN3O2S/c1-10-5-3-7-13(11(10)2)19-16(22)20-14(21)9-23-15-12(17)6-4-8-18-15/h3-8H,9H2,1-2H3,(H2,19,20,21,22). The van der Waals surface area contributed by atoms with Crippen LogP contribution >= 0.6 is 23.4 Å². The highest BCUT2D eigenvalue weighted by Crippen LogP contribution is 2.23. The van der Waals surface area contributed by atoms with Gasteiger partial charge in [0.2, 0.25) is 5.91 Å². The molecule has 0 radical (unpaired) electrons. The number of hydrogen-bond donors (Lipinski definition) is 2. The van der Waals surface area contributed by atoms with Gasteiger partial charge in [0.25, 0.3) is 0 Å². The molecule has 1 aromatic carbocycles. The number of rotatable bonds is 4. The zero-order valence-corrected chi connectivity index (χ0v) is 14.3. The lowest BCUT2D eigenvalue weighted by Crippen LogP contribution is -2.35. The molecular formula is C16H16ClN3O2S. The number of pyridine rings is 1. The number of amides is 3. The average Bonchev–Trinajstić information content (AvgIpc) is 2.51. The minimum atomic E-state index is -0.559. The van der Waals surface area contributed by atoms with Crippen molar-refractivity contribution in [3.63, 3.8) is 0 Å². The van der Waals surface area contributed by atoms with Crippen LogP contribution in [0.15, 0.2) is 41.6 Å². The number of aromatic nitrogens is 1. The van der Waals surface area contributed by atoms with Crippen molar-refractivity contribution in [1.82, 2.24) is 10.3 Å². The molecule has 5 nitrogen and oxygen atoms in total. The summed E-state index contributed by atoms with van der Waals surface area (Å²) in [6.45, 7) is 3.86. The molecule has 0 saturated heterocycles. The lowest BCUT2D eigenvalue weighted by molar-refractivity contribution is -0.117. The third-order valence-electron chi connectivity index (χ3n) is 3.17. The molecule has 23 heavy (non-hydrogen) atoms. The molecule has 2 N–H and O–H groups in total. The highest BCUT2D eigenvalue weighted by atomic mass is 35.5. The maximum Gasteiger partial charge on any atom is 0.325 e. The Hall–Kier alpha value is -2.05. The number of aryl methyl sites for hydroxylation is 1. The zero-order valence-electron chi connectivity index (χ0n) is 12.7. The minimum absolute atomic E-state index is 0.0525. The van der Waals surface area contributed by atoms with Crippen molar-refractivity contribution in [1.29, 1.82) is 0 Å². The van der Waals surface area contributed by atoms with Crippen LogP contribution in [0.2, 0.25) is 5.02 Å². The van der Waals surface area contributed by atoms with Gasteiger partial charge in [0.05, 0.1) is 10.8 Å². The van der Waals surface area contributed by atoms with E-state index >= 15 is 0 Å². The quantitative estimate of drug-likeness (QED) is 0.824. The molecule has 0 aliphatic heterocycles. The van der Waals surface area contributed by atoms with Gasteiger partial charge in [-0.25, -0.2) is 9.78 Å². The number of urea groups is 1. The lowest BCUT2D eigenvalue weighted by Gasteiger charge is -2.10. The second kappa shape index (κ2) is 7.99. The van der Waals surface area contributed by atoms with Crippen LogP contribution in [0.25, 0.3) is 0 Å². The number of imide groups is 1. The molecule has 0 unspecified atom stereocenters. The number of nitrogens with one attached hydrogen (secondary N) is 2. The van der Waals surface area contributed by atoms with Crippen molar-refractivity contribution in [3.8, 4) is 0 Å². The second-order valence-corrected chi connectivity index (χ2v) is 6.20. The molecule has 0 fully saturated rings. The van der Waals surface area contributed by atoms with Gasteiger partial charge in [0, 0.05) is 11.9 Å². The molecule has 120 valence electrons. The summed E-state index contributed by atoms with van der Waals surface area (Å²) in [6.07, 6.45) is 1.60. The number of nitrogens with zero attached hydrogens (tertiary/aromatic N) is 1. The molecule has 0 atom stereocenters. The number of halogens is 1. The second-order valence-electron chi connectivity index (χ2n) is 4.83. The van der Waals surface area contributed by atoms with Crippen LogP contribution in [0.5, 0.6) is 0 Å². The fraction of sp³-hybridized carbons (Fsp3) is 0.188. The monoisotopic (exact) mass is 349 g/mol. The molecule has 2 rings (SSSR count). The minimum Gasteiger partial charge on any atom is -0.307 e. The third kappa shape index (κ3) is 4.97. The first-order chi connectivity index (χ1) is 11.0. The van der Waals surface area contributed by atoms with Gasteiger partial charge in [-0.05, 0) is 43.2 Å². The largest absolute Gasteiger partial charge is 0.325 e. The average molecular weight is 350 g/mol. The zero-order chi connectivity index (χ0) is 16.8. The first-order valence-corrected chi connectivity index (χ1v) is 8.24. The van der Waals surface area contributed by atoms with Gasteiger partial charge in [0.1, 0.15) is 5.03 Å². The Morgan fingerprint density at radius 3 is 2.74 bits per heavy atom. The van der Waals surface area contributed by atoms with Crippen LogP contribution < -0.4 is 10.6 Å². The molecule has 1 aromatic heterocycles. The van der Waals surface area contributed by atoms with Gasteiger partial charge in [-0.2, -0.15) is 0 Å². The number of thioether (sulfide) groups is 1. The van der Waals surface area contributed by atoms with Crippen molar-refractivity contribution in [2.75, 3.05) is 11.1 Å². The molecule has 2 aromatic rings. The van der Waals surface area contributed by atoms with Crippen LogP contribution in [0, 0.1) is 13.8 Å². The summed E-state index contributed by atoms with van der Waals surface area (Å²) in [5.41, 5.74) is 2.70. The SMILES string of the molecule is Cc1cccc(NC(=O)NC(=O)CSc2ncccc2Cl)c1C. The fourth-order valence-electron chi connectivity index (χ4n) is 1.81. The van der Waals surface area contributed by atoms with E-state index < -0.39 is 11.9 Å². The Kier molecular flexibility index (Phi) is 6.01. The predicted octanol–water partition coefficient (Wildman–Crippen LogP) is 3.79.